The van der Waals surface area contributed by atoms with E-state index in [4.69, 9.17) is 26.1 Å². The van der Waals surface area contributed by atoms with Gasteiger partial charge in [0.1, 0.15) is 5.69 Å². The monoisotopic (exact) mass is 386 g/mol. The van der Waals surface area contributed by atoms with E-state index in [0.717, 1.165) is 4.68 Å². The van der Waals surface area contributed by atoms with Crippen LogP contribution in [0.25, 0.3) is 0 Å². The molecule has 3 aromatic rings. The fourth-order valence-electron chi connectivity index (χ4n) is 2.10. The molecule has 1 aromatic carbocycles. The third-order valence-electron chi connectivity index (χ3n) is 3.45. The van der Waals surface area contributed by atoms with Crippen molar-refractivity contribution in [2.75, 3.05) is 7.11 Å². The lowest BCUT2D eigenvalue weighted by Crippen LogP contribution is -2.22. The van der Waals surface area contributed by atoms with Crippen molar-refractivity contribution in [1.82, 2.24) is 14.9 Å². The maximum Gasteiger partial charge on any atom is 0.379 e. The average Bonchev–Trinajstić information content (AvgIpc) is 3.20. The number of nitrogens with zero attached hydrogens (tertiary/aromatic N) is 3. The van der Waals surface area contributed by atoms with Gasteiger partial charge in [-0.15, -0.1) is 0 Å². The lowest BCUT2D eigenvalue weighted by Gasteiger charge is -2.09. The molecular formula is C17H14N4O5S. The Morgan fingerprint density at radius 3 is 2.89 bits per heavy atom. The van der Waals surface area contributed by atoms with Crippen LogP contribution in [0.15, 0.2) is 50.9 Å². The Balaban J connectivity index is 1.86. The van der Waals surface area contributed by atoms with Crippen molar-refractivity contribution in [3.8, 4) is 11.5 Å². The van der Waals surface area contributed by atoms with Crippen molar-refractivity contribution in [2.45, 2.75) is 6.92 Å². The zero-order valence-corrected chi connectivity index (χ0v) is 15.1. The van der Waals surface area contributed by atoms with Gasteiger partial charge < -0.3 is 13.9 Å². The zero-order chi connectivity index (χ0) is 19.4. The molecule has 0 saturated carbocycles. The number of rotatable bonds is 5. The number of esters is 1. The summed E-state index contributed by atoms with van der Waals surface area (Å²) in [5.41, 5.74) is 0.407. The fraction of sp³-hybridized carbons (Fsp3) is 0.118. The number of furan rings is 1. The molecule has 0 amide bonds. The highest BCUT2D eigenvalue weighted by atomic mass is 32.1. The van der Waals surface area contributed by atoms with Gasteiger partial charge in [0, 0.05) is 0 Å². The minimum absolute atomic E-state index is 0.0674. The van der Waals surface area contributed by atoms with Crippen LogP contribution in [0.3, 0.4) is 0 Å². The SMILES string of the molecule is COc1cc(/C=N\n2c(=S)[nH]nc(C)c2=O)ccc1OC(=O)c1ccco1. The highest BCUT2D eigenvalue weighted by Crippen LogP contribution is 2.28. The molecule has 0 bridgehead atoms. The van der Waals surface area contributed by atoms with E-state index in [1.807, 2.05) is 0 Å². The van der Waals surface area contributed by atoms with Crippen LogP contribution >= 0.6 is 12.2 Å². The largest absolute Gasteiger partial charge is 0.493 e. The summed E-state index contributed by atoms with van der Waals surface area (Å²) in [5.74, 6) is -0.0540. The Labute approximate surface area is 157 Å². The van der Waals surface area contributed by atoms with Crippen LogP contribution in [0.1, 0.15) is 21.8 Å². The second-order valence-electron chi connectivity index (χ2n) is 5.25. The average molecular weight is 386 g/mol. The maximum absolute atomic E-state index is 12.0. The third kappa shape index (κ3) is 4.01. The normalized spacial score (nSPS) is 10.9. The molecule has 1 N–H and O–H groups in total. The Morgan fingerprint density at radius 2 is 2.19 bits per heavy atom. The Bertz CT molecular complexity index is 1120. The molecule has 2 aromatic heterocycles. The number of ether oxygens (including phenoxy) is 2. The van der Waals surface area contributed by atoms with E-state index in [1.54, 1.807) is 31.2 Å². The number of carbonyl (C=O) groups excluding carboxylic acids is 1. The highest BCUT2D eigenvalue weighted by Gasteiger charge is 2.14. The van der Waals surface area contributed by atoms with Gasteiger partial charge in [-0.2, -0.15) is 14.9 Å². The van der Waals surface area contributed by atoms with Gasteiger partial charge in [-0.1, -0.05) is 0 Å². The predicted molar refractivity (Wildman–Crippen MR) is 98.1 cm³/mol. The van der Waals surface area contributed by atoms with Crippen LogP contribution in [0, 0.1) is 11.7 Å². The number of carbonyl (C=O) groups is 1. The van der Waals surface area contributed by atoms with Crippen LogP contribution in [-0.2, 0) is 0 Å². The molecule has 0 aliphatic carbocycles. The molecule has 0 atom stereocenters. The van der Waals surface area contributed by atoms with Crippen molar-refractivity contribution < 1.29 is 18.7 Å². The molecule has 0 spiro atoms. The van der Waals surface area contributed by atoms with Crippen LogP contribution in [0.5, 0.6) is 11.5 Å². The van der Waals surface area contributed by atoms with E-state index in [-0.39, 0.29) is 22.0 Å². The number of hydrogen-bond acceptors (Lipinski definition) is 8. The number of nitrogens with one attached hydrogen (secondary N) is 1. The van der Waals surface area contributed by atoms with Crippen molar-refractivity contribution in [3.05, 3.63) is 68.7 Å². The van der Waals surface area contributed by atoms with Gasteiger partial charge in [0.25, 0.3) is 5.56 Å². The molecule has 138 valence electrons. The molecule has 0 aliphatic rings. The predicted octanol–water partition coefficient (Wildman–Crippen LogP) is 2.31. The quantitative estimate of drug-likeness (QED) is 0.310. The second kappa shape index (κ2) is 7.79. The van der Waals surface area contributed by atoms with E-state index < -0.39 is 11.5 Å². The number of aryl methyl sites for hydroxylation is 1. The molecule has 10 heteroatoms. The summed E-state index contributed by atoms with van der Waals surface area (Å²) in [6.45, 7) is 1.55. The fourth-order valence-corrected chi connectivity index (χ4v) is 2.27. The van der Waals surface area contributed by atoms with Gasteiger partial charge in [-0.3, -0.25) is 9.89 Å². The second-order valence-corrected chi connectivity index (χ2v) is 5.64. The molecule has 0 fully saturated rings. The number of aromatic nitrogens is 3. The minimum Gasteiger partial charge on any atom is -0.493 e. The van der Waals surface area contributed by atoms with Crippen LogP contribution < -0.4 is 15.0 Å². The van der Waals surface area contributed by atoms with E-state index in [0.29, 0.717) is 11.3 Å². The van der Waals surface area contributed by atoms with Crippen molar-refractivity contribution in [3.63, 3.8) is 0 Å². The Hall–Kier alpha value is -3.53. The maximum atomic E-state index is 12.0. The van der Waals surface area contributed by atoms with Crippen molar-refractivity contribution >= 4 is 24.4 Å². The minimum atomic E-state index is -0.648. The van der Waals surface area contributed by atoms with Crippen molar-refractivity contribution in [1.29, 1.82) is 0 Å². The molecule has 0 saturated heterocycles. The molecule has 0 aliphatic heterocycles. The number of aromatic amines is 1. The van der Waals surface area contributed by atoms with Crippen molar-refractivity contribution in [2.24, 2.45) is 5.10 Å². The highest BCUT2D eigenvalue weighted by molar-refractivity contribution is 7.71. The number of methoxy groups -OCH3 is 1. The van der Waals surface area contributed by atoms with Gasteiger partial charge in [-0.25, -0.2) is 4.79 Å². The smallest absolute Gasteiger partial charge is 0.379 e. The Morgan fingerprint density at radius 1 is 1.37 bits per heavy atom. The number of hydrogen-bond donors (Lipinski definition) is 1. The summed E-state index contributed by atoms with van der Waals surface area (Å²) < 4.78 is 16.6. The lowest BCUT2D eigenvalue weighted by atomic mass is 10.2. The summed E-state index contributed by atoms with van der Waals surface area (Å²) >= 11 is 5.01. The summed E-state index contributed by atoms with van der Waals surface area (Å²) in [4.78, 5) is 24.0. The summed E-state index contributed by atoms with van der Waals surface area (Å²) in [5, 5.41) is 10.4. The molecule has 27 heavy (non-hydrogen) atoms. The number of benzene rings is 1. The first kappa shape index (κ1) is 18.3. The zero-order valence-electron chi connectivity index (χ0n) is 14.3. The summed E-state index contributed by atoms with van der Waals surface area (Å²) in [6, 6.07) is 7.86. The first-order chi connectivity index (χ1) is 13.0. The van der Waals surface area contributed by atoms with E-state index in [2.05, 4.69) is 15.3 Å². The summed E-state index contributed by atoms with van der Waals surface area (Å²) in [7, 11) is 1.44. The molecule has 9 nitrogen and oxygen atoms in total. The van der Waals surface area contributed by atoms with E-state index in [9.17, 15) is 9.59 Å². The van der Waals surface area contributed by atoms with Crippen LogP contribution in [0.4, 0.5) is 0 Å². The Kier molecular flexibility index (Phi) is 5.27. The topological polar surface area (TPSA) is 112 Å². The molecule has 0 unspecified atom stereocenters. The lowest BCUT2D eigenvalue weighted by molar-refractivity contribution is 0.0696. The van der Waals surface area contributed by atoms with Gasteiger partial charge in [0.05, 0.1) is 19.6 Å². The molecular weight excluding hydrogens is 372 g/mol. The van der Waals surface area contributed by atoms with Gasteiger partial charge in [0.2, 0.25) is 10.5 Å². The van der Waals surface area contributed by atoms with Gasteiger partial charge in [0.15, 0.2) is 11.5 Å². The molecule has 2 heterocycles. The van der Waals surface area contributed by atoms with Crippen LogP contribution in [-0.4, -0.2) is 34.2 Å². The van der Waals surface area contributed by atoms with Gasteiger partial charge in [-0.05, 0) is 55.0 Å². The molecule has 3 rings (SSSR count). The summed E-state index contributed by atoms with van der Waals surface area (Å²) in [6.07, 6.45) is 2.80. The van der Waals surface area contributed by atoms with E-state index in [1.165, 1.54) is 25.7 Å². The molecule has 0 radical (unpaired) electrons. The first-order valence-electron chi connectivity index (χ1n) is 7.66. The van der Waals surface area contributed by atoms with Gasteiger partial charge >= 0.3 is 5.97 Å². The third-order valence-corrected chi connectivity index (χ3v) is 3.71. The van der Waals surface area contributed by atoms with Crippen LogP contribution in [0.2, 0.25) is 0 Å². The first-order valence-corrected chi connectivity index (χ1v) is 8.07. The number of H-pyrrole nitrogens is 1. The standard InChI is InChI=1S/C17H14N4O5S/c1-10-15(22)21(17(27)20-19-10)18-9-11-5-6-12(14(8-11)24-2)26-16(23)13-4-3-7-25-13/h3-9H,1-2H3,(H,20,27)/b18-9-. The van der Waals surface area contributed by atoms with E-state index >= 15 is 0 Å².